The highest BCUT2D eigenvalue weighted by Gasteiger charge is 2.23. The summed E-state index contributed by atoms with van der Waals surface area (Å²) in [6.07, 6.45) is 4.74. The van der Waals surface area contributed by atoms with Crippen molar-refractivity contribution < 1.29 is 19.1 Å². The van der Waals surface area contributed by atoms with Crippen LogP contribution in [-0.4, -0.2) is 54.6 Å². The molecule has 0 bridgehead atoms. The molecule has 0 aliphatic carbocycles. The number of nitrogens with zero attached hydrogens (tertiary/aromatic N) is 1. The van der Waals surface area contributed by atoms with Crippen molar-refractivity contribution in [2.75, 3.05) is 26.2 Å². The molecule has 2 N–H and O–H groups in total. The Kier molecular flexibility index (Phi) is 8.45. The molecule has 1 heterocycles. The van der Waals surface area contributed by atoms with E-state index in [1.807, 2.05) is 4.90 Å². The SMILES string of the molecule is C/C=C/C(=O)NCC1CCN(C(=O)CCNC(=O)OC(C)(C)C)CC1. The number of alkyl carbamates (subject to hydrolysis) is 1. The zero-order chi connectivity index (χ0) is 18.9. The first kappa shape index (κ1) is 21.0. The molecule has 142 valence electrons. The Labute approximate surface area is 150 Å². The molecule has 0 saturated carbocycles. The fourth-order valence-corrected chi connectivity index (χ4v) is 2.59. The lowest BCUT2D eigenvalue weighted by Crippen LogP contribution is -2.42. The van der Waals surface area contributed by atoms with E-state index in [4.69, 9.17) is 4.74 Å². The Morgan fingerprint density at radius 2 is 1.80 bits per heavy atom. The highest BCUT2D eigenvalue weighted by molar-refractivity contribution is 5.87. The van der Waals surface area contributed by atoms with Crippen molar-refractivity contribution >= 4 is 17.9 Å². The van der Waals surface area contributed by atoms with Gasteiger partial charge in [-0.2, -0.15) is 0 Å². The summed E-state index contributed by atoms with van der Waals surface area (Å²) in [5, 5.41) is 5.47. The summed E-state index contributed by atoms with van der Waals surface area (Å²) in [4.78, 5) is 36.9. The molecule has 0 atom stereocenters. The quantitative estimate of drug-likeness (QED) is 0.713. The van der Waals surface area contributed by atoms with Crippen molar-refractivity contribution in [3.63, 3.8) is 0 Å². The zero-order valence-electron chi connectivity index (χ0n) is 15.8. The van der Waals surface area contributed by atoms with Gasteiger partial charge in [0.05, 0.1) is 0 Å². The molecule has 0 aromatic carbocycles. The van der Waals surface area contributed by atoms with Gasteiger partial charge in [-0.1, -0.05) is 6.08 Å². The van der Waals surface area contributed by atoms with Gasteiger partial charge in [-0.3, -0.25) is 9.59 Å². The van der Waals surface area contributed by atoms with E-state index in [-0.39, 0.29) is 24.8 Å². The summed E-state index contributed by atoms with van der Waals surface area (Å²) in [7, 11) is 0. The number of hydrogen-bond acceptors (Lipinski definition) is 4. The van der Waals surface area contributed by atoms with Crippen molar-refractivity contribution in [3.8, 4) is 0 Å². The normalized spacial score (nSPS) is 15.9. The molecule has 1 aliphatic rings. The summed E-state index contributed by atoms with van der Waals surface area (Å²) < 4.78 is 5.13. The number of allylic oxidation sites excluding steroid dienone is 1. The minimum atomic E-state index is -0.543. The van der Waals surface area contributed by atoms with Crippen LogP contribution in [0.1, 0.15) is 47.0 Å². The molecule has 1 rings (SSSR count). The summed E-state index contributed by atoms with van der Waals surface area (Å²) in [6.45, 7) is 9.49. The second-order valence-electron chi connectivity index (χ2n) is 7.25. The molecule has 7 nitrogen and oxygen atoms in total. The van der Waals surface area contributed by atoms with E-state index < -0.39 is 11.7 Å². The van der Waals surface area contributed by atoms with E-state index in [2.05, 4.69) is 10.6 Å². The molecule has 1 fully saturated rings. The fourth-order valence-electron chi connectivity index (χ4n) is 2.59. The van der Waals surface area contributed by atoms with E-state index >= 15 is 0 Å². The number of piperidine rings is 1. The Hall–Kier alpha value is -2.05. The van der Waals surface area contributed by atoms with Gasteiger partial charge in [-0.25, -0.2) is 4.79 Å². The number of nitrogens with one attached hydrogen (secondary N) is 2. The highest BCUT2D eigenvalue weighted by atomic mass is 16.6. The molecule has 0 aromatic rings. The fraction of sp³-hybridized carbons (Fsp3) is 0.722. The van der Waals surface area contributed by atoms with Crippen LogP contribution in [-0.2, 0) is 14.3 Å². The molecule has 3 amide bonds. The molecular formula is C18H31N3O4. The van der Waals surface area contributed by atoms with Crippen LogP contribution >= 0.6 is 0 Å². The van der Waals surface area contributed by atoms with Gasteiger partial charge in [0.15, 0.2) is 0 Å². The lowest BCUT2D eigenvalue weighted by atomic mass is 9.96. The number of carbonyl (C=O) groups excluding carboxylic acids is 3. The standard InChI is InChI=1S/C18H31N3O4/c1-5-6-15(22)20-13-14-8-11-21(12-9-14)16(23)7-10-19-17(24)25-18(2,3)4/h5-6,14H,7-13H2,1-4H3,(H,19,24)(H,20,22)/b6-5+. The number of likely N-dealkylation sites (tertiary alicyclic amines) is 1. The number of rotatable bonds is 6. The maximum absolute atomic E-state index is 12.2. The summed E-state index contributed by atoms with van der Waals surface area (Å²) >= 11 is 0. The average Bonchev–Trinajstić information content (AvgIpc) is 2.52. The van der Waals surface area contributed by atoms with Gasteiger partial charge in [0.1, 0.15) is 5.60 Å². The minimum Gasteiger partial charge on any atom is -0.444 e. The zero-order valence-corrected chi connectivity index (χ0v) is 15.8. The molecule has 0 unspecified atom stereocenters. The lowest BCUT2D eigenvalue weighted by molar-refractivity contribution is -0.132. The topological polar surface area (TPSA) is 87.7 Å². The molecule has 7 heteroatoms. The maximum Gasteiger partial charge on any atom is 0.407 e. The highest BCUT2D eigenvalue weighted by Crippen LogP contribution is 2.17. The number of carbonyl (C=O) groups is 3. The van der Waals surface area contributed by atoms with Gasteiger partial charge in [0.25, 0.3) is 0 Å². The number of ether oxygens (including phenoxy) is 1. The third-order valence-electron chi connectivity index (χ3n) is 3.86. The van der Waals surface area contributed by atoms with Crippen LogP contribution in [0.3, 0.4) is 0 Å². The van der Waals surface area contributed by atoms with Gasteiger partial charge in [-0.15, -0.1) is 0 Å². The van der Waals surface area contributed by atoms with Gasteiger partial charge >= 0.3 is 6.09 Å². The van der Waals surface area contributed by atoms with E-state index in [9.17, 15) is 14.4 Å². The van der Waals surface area contributed by atoms with Crippen LogP contribution in [0.4, 0.5) is 4.79 Å². The Morgan fingerprint density at radius 1 is 1.16 bits per heavy atom. The third-order valence-corrected chi connectivity index (χ3v) is 3.86. The molecule has 0 spiro atoms. The molecule has 1 aliphatic heterocycles. The van der Waals surface area contributed by atoms with E-state index in [0.29, 0.717) is 25.6 Å². The summed E-state index contributed by atoms with van der Waals surface area (Å²) in [6, 6.07) is 0. The van der Waals surface area contributed by atoms with Crippen molar-refractivity contribution in [2.24, 2.45) is 5.92 Å². The predicted octanol–water partition coefficient (Wildman–Crippen LogP) is 1.83. The first-order chi connectivity index (χ1) is 11.7. The van der Waals surface area contributed by atoms with Crippen molar-refractivity contribution in [2.45, 2.75) is 52.6 Å². The smallest absolute Gasteiger partial charge is 0.407 e. The Balaban J connectivity index is 2.20. The van der Waals surface area contributed by atoms with Gasteiger partial charge < -0.3 is 20.3 Å². The first-order valence-corrected chi connectivity index (χ1v) is 8.86. The van der Waals surface area contributed by atoms with Crippen LogP contribution in [0.25, 0.3) is 0 Å². The van der Waals surface area contributed by atoms with Gasteiger partial charge in [0, 0.05) is 32.6 Å². The monoisotopic (exact) mass is 353 g/mol. The van der Waals surface area contributed by atoms with Crippen LogP contribution < -0.4 is 10.6 Å². The number of hydrogen-bond donors (Lipinski definition) is 2. The van der Waals surface area contributed by atoms with E-state index in [1.54, 1.807) is 33.8 Å². The molecular weight excluding hydrogens is 322 g/mol. The maximum atomic E-state index is 12.2. The van der Waals surface area contributed by atoms with Crippen molar-refractivity contribution in [1.82, 2.24) is 15.5 Å². The summed E-state index contributed by atoms with van der Waals surface area (Å²) in [5.74, 6) is 0.361. The van der Waals surface area contributed by atoms with Crippen LogP contribution in [0.15, 0.2) is 12.2 Å². The van der Waals surface area contributed by atoms with Gasteiger partial charge in [-0.05, 0) is 52.5 Å². The van der Waals surface area contributed by atoms with E-state index in [1.165, 1.54) is 6.08 Å². The molecule has 1 saturated heterocycles. The minimum absolute atomic E-state index is 0.0347. The van der Waals surface area contributed by atoms with Gasteiger partial charge in [0.2, 0.25) is 11.8 Å². The largest absolute Gasteiger partial charge is 0.444 e. The second-order valence-corrected chi connectivity index (χ2v) is 7.25. The van der Waals surface area contributed by atoms with Crippen LogP contribution in [0.2, 0.25) is 0 Å². The molecule has 0 aromatic heterocycles. The Bertz CT molecular complexity index is 489. The molecule has 0 radical (unpaired) electrons. The van der Waals surface area contributed by atoms with Crippen molar-refractivity contribution in [1.29, 1.82) is 0 Å². The first-order valence-electron chi connectivity index (χ1n) is 8.86. The number of amides is 3. The predicted molar refractivity (Wildman–Crippen MR) is 96.0 cm³/mol. The van der Waals surface area contributed by atoms with Crippen LogP contribution in [0, 0.1) is 5.92 Å². The third kappa shape index (κ3) is 9.12. The van der Waals surface area contributed by atoms with Crippen LogP contribution in [0.5, 0.6) is 0 Å². The Morgan fingerprint density at radius 3 is 2.36 bits per heavy atom. The van der Waals surface area contributed by atoms with Crippen molar-refractivity contribution in [3.05, 3.63) is 12.2 Å². The lowest BCUT2D eigenvalue weighted by Gasteiger charge is -2.32. The summed E-state index contributed by atoms with van der Waals surface area (Å²) in [5.41, 5.74) is -0.543. The molecule has 25 heavy (non-hydrogen) atoms. The second kappa shape index (κ2) is 10.1. The van der Waals surface area contributed by atoms with E-state index in [0.717, 1.165) is 12.8 Å². The average molecular weight is 353 g/mol.